The lowest BCUT2D eigenvalue weighted by Gasteiger charge is -2.22. The third-order valence-electron chi connectivity index (χ3n) is 4.10. The Balaban J connectivity index is 1.72. The van der Waals surface area contributed by atoms with Gasteiger partial charge in [0.2, 0.25) is 5.91 Å². The molecule has 0 aromatic rings. The molecule has 3 heteroatoms. The second-order valence-electron chi connectivity index (χ2n) is 5.24. The molecule has 2 aliphatic carbocycles. The molecule has 0 spiro atoms. The first-order chi connectivity index (χ1) is 7.20. The van der Waals surface area contributed by atoms with Gasteiger partial charge in [0.15, 0.2) is 0 Å². The number of nitrogens with one attached hydrogen (secondary N) is 1. The van der Waals surface area contributed by atoms with Crippen LogP contribution in [-0.4, -0.2) is 18.3 Å². The van der Waals surface area contributed by atoms with Crippen molar-refractivity contribution in [1.82, 2.24) is 5.32 Å². The van der Waals surface area contributed by atoms with Crippen molar-refractivity contribution in [3.05, 3.63) is 0 Å². The van der Waals surface area contributed by atoms with Crippen LogP contribution in [-0.2, 0) is 4.79 Å². The van der Waals surface area contributed by atoms with Gasteiger partial charge in [-0.3, -0.25) is 4.79 Å². The van der Waals surface area contributed by atoms with Gasteiger partial charge < -0.3 is 5.32 Å². The highest BCUT2D eigenvalue weighted by Crippen LogP contribution is 2.47. The summed E-state index contributed by atoms with van der Waals surface area (Å²) >= 11 is 5.64. The summed E-state index contributed by atoms with van der Waals surface area (Å²) in [6, 6.07) is 0. The molecule has 4 atom stereocenters. The lowest BCUT2D eigenvalue weighted by molar-refractivity contribution is -0.124. The number of halogens is 1. The maximum Gasteiger partial charge on any atom is 0.224 e. The highest BCUT2D eigenvalue weighted by molar-refractivity contribution is 6.19. The quantitative estimate of drug-likeness (QED) is 0.738. The number of carbonyl (C=O) groups excluding carboxylic acids is 1. The minimum atomic E-state index is -0.0507. The molecule has 2 nitrogen and oxygen atoms in total. The number of hydrogen-bond acceptors (Lipinski definition) is 1. The molecule has 1 amide bonds. The van der Waals surface area contributed by atoms with Crippen LogP contribution in [0.5, 0.6) is 0 Å². The first kappa shape index (κ1) is 11.3. The van der Waals surface area contributed by atoms with Crippen molar-refractivity contribution in [2.45, 2.75) is 32.6 Å². The molecule has 0 aliphatic heterocycles. The molecule has 0 heterocycles. The molecular formula is C12H20ClNO. The zero-order valence-electron chi connectivity index (χ0n) is 9.34. The van der Waals surface area contributed by atoms with Crippen LogP contribution in [0.25, 0.3) is 0 Å². The number of fused-ring (bicyclic) bond motifs is 2. The Kier molecular flexibility index (Phi) is 3.55. The van der Waals surface area contributed by atoms with Crippen LogP contribution >= 0.6 is 11.6 Å². The van der Waals surface area contributed by atoms with Gasteiger partial charge in [-0.15, -0.1) is 11.6 Å². The standard InChI is InChI=1S/C12H20ClNO/c1-8(6-13)12(15)14-7-11-5-9-2-3-10(11)4-9/h8-11H,2-7H2,1H3,(H,14,15). The molecular weight excluding hydrogens is 210 g/mol. The van der Waals surface area contributed by atoms with Gasteiger partial charge in [0.25, 0.3) is 0 Å². The maximum absolute atomic E-state index is 11.5. The first-order valence-corrected chi connectivity index (χ1v) is 6.57. The third kappa shape index (κ3) is 2.47. The Hall–Kier alpha value is -0.240. The van der Waals surface area contributed by atoms with Crippen LogP contribution < -0.4 is 5.32 Å². The fourth-order valence-electron chi connectivity index (χ4n) is 3.10. The molecule has 0 saturated heterocycles. The summed E-state index contributed by atoms with van der Waals surface area (Å²) in [4.78, 5) is 11.5. The monoisotopic (exact) mass is 229 g/mol. The molecule has 2 aliphatic rings. The molecule has 2 fully saturated rings. The van der Waals surface area contributed by atoms with Crippen LogP contribution in [0.2, 0.25) is 0 Å². The molecule has 4 unspecified atom stereocenters. The van der Waals surface area contributed by atoms with E-state index in [9.17, 15) is 4.79 Å². The van der Waals surface area contributed by atoms with Crippen LogP contribution in [0, 0.1) is 23.7 Å². The fraction of sp³-hybridized carbons (Fsp3) is 0.917. The third-order valence-corrected chi connectivity index (χ3v) is 4.56. The number of hydrogen-bond donors (Lipinski definition) is 1. The summed E-state index contributed by atoms with van der Waals surface area (Å²) in [5.41, 5.74) is 0. The highest BCUT2D eigenvalue weighted by Gasteiger charge is 2.39. The Bertz CT molecular complexity index is 244. The predicted octanol–water partition coefficient (Wildman–Crippen LogP) is 2.41. The Morgan fingerprint density at radius 2 is 2.27 bits per heavy atom. The van der Waals surface area contributed by atoms with Crippen LogP contribution in [0.3, 0.4) is 0 Å². The van der Waals surface area contributed by atoms with Gasteiger partial charge >= 0.3 is 0 Å². The van der Waals surface area contributed by atoms with E-state index in [0.717, 1.165) is 24.3 Å². The van der Waals surface area contributed by atoms with Crippen molar-refractivity contribution in [2.24, 2.45) is 23.7 Å². The van der Waals surface area contributed by atoms with Gasteiger partial charge in [-0.1, -0.05) is 13.3 Å². The smallest absolute Gasteiger partial charge is 0.224 e. The van der Waals surface area contributed by atoms with Gasteiger partial charge in [0.1, 0.15) is 0 Å². The molecule has 2 saturated carbocycles. The van der Waals surface area contributed by atoms with Crippen LogP contribution in [0.1, 0.15) is 32.6 Å². The van der Waals surface area contributed by atoms with Crippen molar-refractivity contribution in [1.29, 1.82) is 0 Å². The van der Waals surface area contributed by atoms with E-state index in [4.69, 9.17) is 11.6 Å². The largest absolute Gasteiger partial charge is 0.356 e. The molecule has 2 rings (SSSR count). The lowest BCUT2D eigenvalue weighted by atomic mass is 9.89. The van der Waals surface area contributed by atoms with Crippen LogP contribution in [0.15, 0.2) is 0 Å². The minimum absolute atomic E-state index is 0.0507. The number of alkyl halides is 1. The summed E-state index contributed by atoms with van der Waals surface area (Å²) < 4.78 is 0. The maximum atomic E-state index is 11.5. The summed E-state index contributed by atoms with van der Waals surface area (Å²) in [7, 11) is 0. The summed E-state index contributed by atoms with van der Waals surface area (Å²) in [5, 5.41) is 3.04. The average molecular weight is 230 g/mol. The summed E-state index contributed by atoms with van der Waals surface area (Å²) in [5.74, 6) is 3.08. The highest BCUT2D eigenvalue weighted by atomic mass is 35.5. The fourth-order valence-corrected chi connectivity index (χ4v) is 3.24. The van der Waals surface area contributed by atoms with E-state index in [1.54, 1.807) is 0 Å². The van der Waals surface area contributed by atoms with E-state index in [0.29, 0.717) is 5.88 Å². The van der Waals surface area contributed by atoms with E-state index in [1.807, 2.05) is 6.92 Å². The van der Waals surface area contributed by atoms with Gasteiger partial charge in [-0.25, -0.2) is 0 Å². The lowest BCUT2D eigenvalue weighted by Crippen LogP contribution is -2.35. The Morgan fingerprint density at radius 3 is 2.80 bits per heavy atom. The second-order valence-corrected chi connectivity index (χ2v) is 5.54. The minimum Gasteiger partial charge on any atom is -0.356 e. The van der Waals surface area contributed by atoms with E-state index >= 15 is 0 Å². The zero-order chi connectivity index (χ0) is 10.8. The zero-order valence-corrected chi connectivity index (χ0v) is 10.1. The molecule has 15 heavy (non-hydrogen) atoms. The Labute approximate surface area is 96.8 Å². The average Bonchev–Trinajstić information content (AvgIpc) is 2.86. The van der Waals surface area contributed by atoms with E-state index in [-0.39, 0.29) is 11.8 Å². The van der Waals surface area contributed by atoms with E-state index in [1.165, 1.54) is 25.7 Å². The van der Waals surface area contributed by atoms with Gasteiger partial charge in [0.05, 0.1) is 0 Å². The molecule has 86 valence electrons. The van der Waals surface area contributed by atoms with Gasteiger partial charge in [0, 0.05) is 18.3 Å². The van der Waals surface area contributed by atoms with Gasteiger partial charge in [-0.2, -0.15) is 0 Å². The number of carbonyl (C=O) groups is 1. The molecule has 0 radical (unpaired) electrons. The summed E-state index contributed by atoms with van der Waals surface area (Å²) in [6.45, 7) is 2.75. The van der Waals surface area contributed by atoms with E-state index < -0.39 is 0 Å². The molecule has 0 aromatic carbocycles. The molecule has 0 aromatic heterocycles. The van der Waals surface area contributed by atoms with Crippen molar-refractivity contribution in [2.75, 3.05) is 12.4 Å². The normalized spacial score (nSPS) is 35.5. The number of rotatable bonds is 4. The number of amides is 1. The van der Waals surface area contributed by atoms with Crippen molar-refractivity contribution in [3.8, 4) is 0 Å². The first-order valence-electron chi connectivity index (χ1n) is 6.04. The Morgan fingerprint density at radius 1 is 1.47 bits per heavy atom. The molecule has 1 N–H and O–H groups in total. The SMILES string of the molecule is CC(CCl)C(=O)NCC1CC2CCC1C2. The summed E-state index contributed by atoms with van der Waals surface area (Å²) in [6.07, 6.45) is 5.55. The predicted molar refractivity (Wildman–Crippen MR) is 61.8 cm³/mol. The second kappa shape index (κ2) is 4.73. The topological polar surface area (TPSA) is 29.1 Å². The van der Waals surface area contributed by atoms with Crippen molar-refractivity contribution >= 4 is 17.5 Å². The van der Waals surface area contributed by atoms with Crippen molar-refractivity contribution in [3.63, 3.8) is 0 Å². The van der Waals surface area contributed by atoms with Crippen molar-refractivity contribution < 1.29 is 4.79 Å². The van der Waals surface area contributed by atoms with Gasteiger partial charge in [-0.05, 0) is 37.0 Å². The van der Waals surface area contributed by atoms with E-state index in [2.05, 4.69) is 5.32 Å². The van der Waals surface area contributed by atoms with Crippen LogP contribution in [0.4, 0.5) is 0 Å². The molecule has 2 bridgehead atoms.